The number of rotatable bonds is 13. The van der Waals surface area contributed by atoms with Crippen LogP contribution in [0.15, 0.2) is 146 Å². The number of anilines is 3. The molecule has 6 aromatic carbocycles. The normalized spacial score (nSPS) is 12.2. The van der Waals surface area contributed by atoms with Gasteiger partial charge in [0.05, 0.1) is 70.5 Å². The molecular formula is C64H92Cl2N12O11S6. The van der Waals surface area contributed by atoms with Crippen LogP contribution >= 0.6 is 106 Å². The molecule has 4 amide bonds. The minimum Gasteiger partial charge on any atom is -0.480 e. The molecule has 0 fully saturated rings. The molecule has 9 aromatic rings. The molecule has 12 N–H and O–H groups in total. The van der Waals surface area contributed by atoms with Crippen molar-refractivity contribution in [3.05, 3.63) is 163 Å². The average molecular weight is 1470 g/mol. The third-order valence-electron chi connectivity index (χ3n) is 12.7. The van der Waals surface area contributed by atoms with Gasteiger partial charge < -0.3 is 62.6 Å². The number of aliphatic hydroxyl groups is 3. The standard InChI is InChI=1S/C23H28N4O4.C18H20N4O2.C14H13N3.C9H17NO5.2ClH.6H2S/c1-14-7-6-8-18(11-14)27-19-12-17(10-9-16(19)13-24-27)25-21(29)20(15(2)28)26-22(30)31-23(3,4)5;1-11-4-3-5-15(8-11)22-16-9-14(7-6-13(16)10-20-22)21-18(24)17(19)12(2)23;1-10-3-2-4-13(7-10)17-14-8-12(15)6-5-11(14)9-16-17;1-5(11)6(7(12)13)10-8(14)15-9(2,3)4;;;;;;;;/h6-13,15,20,28H,1-5H3,(H,25,29)(H,26,30);3-10,12,17,23H,19H2,1-2H3,(H,21,24);2-9H,15H2,1H3;5-6,11H,1-4H3,(H,10,14)(H,12,13);2*1H;6*1H2/t15-,20-;12-,17-;;5-,6-;;;;;;;;/m00.0......../s1. The van der Waals surface area contributed by atoms with Gasteiger partial charge in [0.1, 0.15) is 23.3 Å². The Bertz CT molecular complexity index is 3900. The average Bonchev–Trinajstić information content (AvgIpc) is 1.72. The maximum absolute atomic E-state index is 12.8. The lowest BCUT2D eigenvalue weighted by Gasteiger charge is -2.24. The Balaban J connectivity index is -0.00000120. The molecule has 23 nitrogen and oxygen atoms in total. The zero-order valence-electron chi connectivity index (χ0n) is 54.6. The van der Waals surface area contributed by atoms with Crippen LogP contribution in [0.3, 0.4) is 0 Å². The summed E-state index contributed by atoms with van der Waals surface area (Å²) in [5.41, 5.74) is 21.1. The summed E-state index contributed by atoms with van der Waals surface area (Å²) in [6.45, 7) is 20.4. The van der Waals surface area contributed by atoms with Crippen LogP contribution in [0.5, 0.6) is 0 Å². The smallest absolute Gasteiger partial charge is 0.408 e. The van der Waals surface area contributed by atoms with Gasteiger partial charge in [-0.3, -0.25) is 9.59 Å². The number of halogens is 2. The number of amides is 4. The number of carboxylic acid groups (broad SMARTS) is 1. The number of aryl methyl sites for hydroxylation is 3. The number of nitrogen functional groups attached to an aromatic ring is 1. The van der Waals surface area contributed by atoms with Crippen LogP contribution in [0.4, 0.5) is 26.7 Å². The number of aliphatic hydroxyl groups excluding tert-OH is 3. The first-order valence-corrected chi connectivity index (χ1v) is 27.9. The number of hydrogen-bond acceptors (Lipinski definition) is 15. The van der Waals surface area contributed by atoms with Crippen LogP contribution in [0.25, 0.3) is 49.8 Å². The number of carbonyl (C=O) groups excluding carboxylic acids is 4. The number of benzene rings is 6. The van der Waals surface area contributed by atoms with Crippen LogP contribution < -0.4 is 32.7 Å². The number of aromatic nitrogens is 6. The molecule has 0 aliphatic carbocycles. The summed E-state index contributed by atoms with van der Waals surface area (Å²) < 4.78 is 15.6. The summed E-state index contributed by atoms with van der Waals surface area (Å²) in [4.78, 5) is 58.6. The number of alkyl carbamates (subject to hydrolysis) is 2. The van der Waals surface area contributed by atoms with Gasteiger partial charge in [0, 0.05) is 33.2 Å². The molecule has 0 unspecified atom stereocenters. The largest absolute Gasteiger partial charge is 0.480 e. The number of carboxylic acids is 1. The molecule has 3 heterocycles. The number of nitrogens with one attached hydrogen (secondary N) is 4. The van der Waals surface area contributed by atoms with Gasteiger partial charge in [-0.25, -0.2) is 28.4 Å². The summed E-state index contributed by atoms with van der Waals surface area (Å²) in [6, 6.07) is 37.5. The van der Waals surface area contributed by atoms with Crippen molar-refractivity contribution >= 4 is 186 Å². The predicted octanol–water partition coefficient (Wildman–Crippen LogP) is 10.3. The number of aliphatic carboxylic acids is 1. The highest BCUT2D eigenvalue weighted by Gasteiger charge is 2.30. The highest BCUT2D eigenvalue weighted by molar-refractivity contribution is 7.60. The Morgan fingerprint density at radius 3 is 1.12 bits per heavy atom. The molecule has 0 bridgehead atoms. The lowest BCUT2D eigenvalue weighted by Crippen LogP contribution is -2.51. The highest BCUT2D eigenvalue weighted by atomic mass is 35.5. The molecule has 524 valence electrons. The second-order valence-corrected chi connectivity index (χ2v) is 22.9. The fourth-order valence-corrected chi connectivity index (χ4v) is 8.45. The summed E-state index contributed by atoms with van der Waals surface area (Å²) in [5, 5.41) is 63.4. The summed E-state index contributed by atoms with van der Waals surface area (Å²) >= 11 is 0. The van der Waals surface area contributed by atoms with E-state index in [0.717, 1.165) is 66.6 Å². The van der Waals surface area contributed by atoms with E-state index in [0.29, 0.717) is 11.4 Å². The van der Waals surface area contributed by atoms with Crippen molar-refractivity contribution < 1.29 is 53.9 Å². The van der Waals surface area contributed by atoms with Crippen molar-refractivity contribution in [1.29, 1.82) is 0 Å². The van der Waals surface area contributed by atoms with Gasteiger partial charge in [-0.2, -0.15) is 96.3 Å². The molecule has 0 aliphatic heterocycles. The van der Waals surface area contributed by atoms with Gasteiger partial charge in [-0.05, 0) is 191 Å². The van der Waals surface area contributed by atoms with Crippen molar-refractivity contribution in [1.82, 2.24) is 40.0 Å². The highest BCUT2D eigenvalue weighted by Crippen LogP contribution is 2.26. The maximum Gasteiger partial charge on any atom is 0.408 e. The quantitative estimate of drug-likeness (QED) is 0.0480. The molecule has 6 atom stereocenters. The van der Waals surface area contributed by atoms with Crippen LogP contribution in [0, 0.1) is 20.8 Å². The second-order valence-electron chi connectivity index (χ2n) is 22.9. The molecule has 95 heavy (non-hydrogen) atoms. The zero-order valence-corrected chi connectivity index (χ0v) is 62.3. The van der Waals surface area contributed by atoms with E-state index in [-0.39, 0.29) is 106 Å². The molecule has 0 spiro atoms. The third kappa shape index (κ3) is 27.6. The monoisotopic (exact) mass is 1470 g/mol. The van der Waals surface area contributed by atoms with Gasteiger partial charge in [0.15, 0.2) is 6.04 Å². The van der Waals surface area contributed by atoms with Crippen molar-refractivity contribution in [2.45, 2.75) is 131 Å². The minimum atomic E-state index is -1.36. The first-order valence-electron chi connectivity index (χ1n) is 27.9. The van der Waals surface area contributed by atoms with E-state index < -0.39 is 77.6 Å². The van der Waals surface area contributed by atoms with Crippen LogP contribution in [-0.4, -0.2) is 127 Å². The minimum absolute atomic E-state index is 0. The third-order valence-corrected chi connectivity index (χ3v) is 12.7. The van der Waals surface area contributed by atoms with Crippen molar-refractivity contribution in [3.63, 3.8) is 0 Å². The second kappa shape index (κ2) is 41.2. The van der Waals surface area contributed by atoms with E-state index in [4.69, 9.17) is 31.2 Å². The number of carbonyl (C=O) groups is 5. The SMILES string of the molecule is C[C@H](O)[C@H](NC(=O)OC(C)(C)C)C(=O)O.Cc1cccc(-n2ncc3ccc(N)cc32)c1.Cc1cccc(-n2ncc3ccc(NC(=O)[C@@H](N)[C@H](C)O)cc32)c1.Cc1cccc(-n2ncc3ccc(NC(=O)[C@@H](NC(=O)OC(C)(C)C)[C@H](C)O)cc32)c1.Cl.Cl.S.S.S.S.S.S. The molecule has 0 saturated carbocycles. The van der Waals surface area contributed by atoms with Crippen molar-refractivity contribution in [2.24, 2.45) is 5.73 Å². The summed E-state index contributed by atoms with van der Waals surface area (Å²) in [7, 11) is 0. The van der Waals surface area contributed by atoms with E-state index >= 15 is 0 Å². The van der Waals surface area contributed by atoms with E-state index in [2.05, 4.69) is 55.6 Å². The molecule has 3 aromatic heterocycles. The van der Waals surface area contributed by atoms with E-state index in [1.807, 2.05) is 126 Å². The Labute approximate surface area is 607 Å². The molecule has 0 radical (unpaired) electrons. The van der Waals surface area contributed by atoms with Crippen LogP contribution in [0.2, 0.25) is 0 Å². The van der Waals surface area contributed by atoms with E-state index in [1.54, 1.807) is 76.8 Å². The number of fused-ring (bicyclic) bond motifs is 3. The molecule has 0 saturated heterocycles. The van der Waals surface area contributed by atoms with Gasteiger partial charge in [-0.1, -0.05) is 36.4 Å². The van der Waals surface area contributed by atoms with Crippen molar-refractivity contribution in [2.75, 3.05) is 16.4 Å². The van der Waals surface area contributed by atoms with Crippen LogP contribution in [0.1, 0.15) is 79.0 Å². The maximum atomic E-state index is 12.8. The predicted molar refractivity (Wildman–Crippen MR) is 413 cm³/mol. The van der Waals surface area contributed by atoms with Gasteiger partial charge >= 0.3 is 18.2 Å². The Kier molecular flexibility index (Phi) is 40.0. The fourth-order valence-electron chi connectivity index (χ4n) is 8.45. The van der Waals surface area contributed by atoms with E-state index in [1.165, 1.54) is 26.3 Å². The van der Waals surface area contributed by atoms with Gasteiger partial charge in [0.2, 0.25) is 11.8 Å². The van der Waals surface area contributed by atoms with Crippen molar-refractivity contribution in [3.8, 4) is 17.1 Å². The lowest BCUT2D eigenvalue weighted by atomic mass is 10.1. The number of ether oxygens (including phenoxy) is 2. The summed E-state index contributed by atoms with van der Waals surface area (Å²) in [6.07, 6.45) is 0.543. The van der Waals surface area contributed by atoms with E-state index in [9.17, 15) is 34.2 Å². The Morgan fingerprint density at radius 1 is 0.474 bits per heavy atom. The first-order chi connectivity index (χ1) is 40.9. The number of nitrogens with zero attached hydrogens (tertiary/aromatic N) is 6. The topological polar surface area (TPSA) is 338 Å². The molecular weight excluding hydrogens is 1380 g/mol. The summed E-state index contributed by atoms with van der Waals surface area (Å²) in [5.74, 6) is -2.29. The molecule has 9 rings (SSSR count). The number of hydrogen-bond donors (Lipinski definition) is 10. The molecule has 0 aliphatic rings. The van der Waals surface area contributed by atoms with Crippen LogP contribution in [-0.2, 0) is 23.9 Å². The Morgan fingerprint density at radius 2 is 0.800 bits per heavy atom. The molecule has 31 heteroatoms. The van der Waals surface area contributed by atoms with Gasteiger partial charge in [0.25, 0.3) is 0 Å². The Hall–Kier alpha value is -7.00. The number of nitrogens with two attached hydrogens (primary N) is 2. The van der Waals surface area contributed by atoms with Gasteiger partial charge in [-0.15, -0.1) is 24.8 Å². The zero-order chi connectivity index (χ0) is 64.1. The first kappa shape index (κ1) is 92.2. The lowest BCUT2D eigenvalue weighted by molar-refractivity contribution is -0.142. The fraction of sp³-hybridized carbons (Fsp3) is 0.312.